The number of ketones is 1. The van der Waals surface area contributed by atoms with Gasteiger partial charge in [-0.3, -0.25) is 4.79 Å². The fourth-order valence-electron chi connectivity index (χ4n) is 1.06. The molecule has 66 valence electrons. The van der Waals surface area contributed by atoms with Gasteiger partial charge in [0.2, 0.25) is 0 Å². The van der Waals surface area contributed by atoms with Crippen LogP contribution in [0.2, 0.25) is 0 Å². The second kappa shape index (κ2) is 4.50. The molecule has 0 amide bonds. The van der Waals surface area contributed by atoms with Crippen molar-refractivity contribution in [2.24, 2.45) is 17.8 Å². The molecular weight excluding hydrogens is 140 g/mol. The Labute approximate surface area is 68.6 Å². The van der Waals surface area contributed by atoms with E-state index in [2.05, 4.69) is 0 Å². The van der Waals surface area contributed by atoms with Crippen LogP contribution in [0.5, 0.6) is 0 Å². The molecule has 0 radical (unpaired) electrons. The van der Waals surface area contributed by atoms with Gasteiger partial charge in [0.05, 0.1) is 6.61 Å². The third-order valence-electron chi connectivity index (χ3n) is 1.94. The molecule has 0 bridgehead atoms. The summed E-state index contributed by atoms with van der Waals surface area (Å²) in [6.07, 6.45) is 0. The lowest BCUT2D eigenvalue weighted by Crippen LogP contribution is -2.27. The van der Waals surface area contributed by atoms with E-state index in [1.165, 1.54) is 0 Å². The molecule has 0 spiro atoms. The quantitative estimate of drug-likeness (QED) is 0.672. The van der Waals surface area contributed by atoms with Crippen molar-refractivity contribution in [3.63, 3.8) is 0 Å². The van der Waals surface area contributed by atoms with Crippen LogP contribution in [0.3, 0.4) is 0 Å². The molecule has 1 atom stereocenters. The molecule has 0 aliphatic heterocycles. The van der Waals surface area contributed by atoms with Gasteiger partial charge in [0, 0.05) is 11.8 Å². The Hall–Kier alpha value is -0.370. The molecule has 2 nitrogen and oxygen atoms in total. The summed E-state index contributed by atoms with van der Waals surface area (Å²) in [4.78, 5) is 11.4. The predicted octanol–water partition coefficient (Wildman–Crippen LogP) is 1.48. The van der Waals surface area contributed by atoms with Gasteiger partial charge in [-0.1, -0.05) is 27.7 Å². The fourth-order valence-corrected chi connectivity index (χ4v) is 1.06. The minimum Gasteiger partial charge on any atom is -0.396 e. The maximum absolute atomic E-state index is 11.4. The first-order valence-corrected chi connectivity index (χ1v) is 4.15. The number of carbonyl (C=O) groups is 1. The maximum atomic E-state index is 11.4. The Morgan fingerprint density at radius 1 is 1.27 bits per heavy atom. The van der Waals surface area contributed by atoms with Crippen molar-refractivity contribution in [2.75, 3.05) is 6.61 Å². The average molecular weight is 158 g/mol. The van der Waals surface area contributed by atoms with E-state index in [4.69, 9.17) is 5.11 Å². The Morgan fingerprint density at radius 3 is 1.82 bits per heavy atom. The van der Waals surface area contributed by atoms with Crippen molar-refractivity contribution in [1.29, 1.82) is 0 Å². The molecule has 0 saturated heterocycles. The zero-order valence-corrected chi connectivity index (χ0v) is 7.79. The van der Waals surface area contributed by atoms with E-state index in [9.17, 15) is 4.79 Å². The van der Waals surface area contributed by atoms with Gasteiger partial charge in [-0.05, 0) is 5.92 Å². The minimum absolute atomic E-state index is 0.0192. The van der Waals surface area contributed by atoms with Crippen LogP contribution in [0.4, 0.5) is 0 Å². The summed E-state index contributed by atoms with van der Waals surface area (Å²) in [7, 11) is 0. The molecular formula is C9H18O2. The molecule has 1 N–H and O–H groups in total. The van der Waals surface area contributed by atoms with Gasteiger partial charge in [-0.15, -0.1) is 0 Å². The molecule has 0 aromatic heterocycles. The minimum atomic E-state index is -0.171. The van der Waals surface area contributed by atoms with Gasteiger partial charge in [0.1, 0.15) is 5.78 Å². The Bertz CT molecular complexity index is 128. The highest BCUT2D eigenvalue weighted by atomic mass is 16.3. The number of aliphatic hydroxyl groups excluding tert-OH is 1. The summed E-state index contributed by atoms with van der Waals surface area (Å²) in [5.41, 5.74) is 0. The van der Waals surface area contributed by atoms with Crippen LogP contribution in [-0.2, 0) is 4.79 Å². The third kappa shape index (κ3) is 3.02. The largest absolute Gasteiger partial charge is 0.396 e. The highest BCUT2D eigenvalue weighted by Crippen LogP contribution is 2.15. The number of hydrogen-bond acceptors (Lipinski definition) is 2. The molecule has 0 aliphatic carbocycles. The molecule has 0 unspecified atom stereocenters. The highest BCUT2D eigenvalue weighted by Gasteiger charge is 2.22. The first-order chi connectivity index (χ1) is 5.00. The second-order valence-electron chi connectivity index (χ2n) is 3.59. The number of rotatable bonds is 4. The number of hydrogen-bond donors (Lipinski definition) is 1. The predicted molar refractivity (Wildman–Crippen MR) is 45.3 cm³/mol. The first-order valence-electron chi connectivity index (χ1n) is 4.15. The van der Waals surface area contributed by atoms with Crippen LogP contribution in [-0.4, -0.2) is 17.5 Å². The average Bonchev–Trinajstić information content (AvgIpc) is 1.88. The van der Waals surface area contributed by atoms with Crippen LogP contribution in [0, 0.1) is 17.8 Å². The Kier molecular flexibility index (Phi) is 4.34. The van der Waals surface area contributed by atoms with Crippen LogP contribution in [0.25, 0.3) is 0 Å². The molecule has 11 heavy (non-hydrogen) atoms. The van der Waals surface area contributed by atoms with Gasteiger partial charge in [-0.2, -0.15) is 0 Å². The van der Waals surface area contributed by atoms with Crippen molar-refractivity contribution < 1.29 is 9.90 Å². The molecule has 2 heteroatoms. The highest BCUT2D eigenvalue weighted by molar-refractivity contribution is 5.83. The van der Waals surface area contributed by atoms with Crippen LogP contribution >= 0.6 is 0 Å². The van der Waals surface area contributed by atoms with Gasteiger partial charge >= 0.3 is 0 Å². The second-order valence-corrected chi connectivity index (χ2v) is 3.59. The molecule has 0 fully saturated rings. The van der Waals surface area contributed by atoms with E-state index in [0.717, 1.165) is 0 Å². The molecule has 0 aliphatic rings. The van der Waals surface area contributed by atoms with Crippen molar-refractivity contribution in [1.82, 2.24) is 0 Å². The van der Waals surface area contributed by atoms with Crippen LogP contribution in [0.15, 0.2) is 0 Å². The Morgan fingerprint density at radius 2 is 1.73 bits per heavy atom. The summed E-state index contributed by atoms with van der Waals surface area (Å²) in [5.74, 6) is 0.280. The van der Waals surface area contributed by atoms with Gasteiger partial charge in [0.25, 0.3) is 0 Å². The molecule has 0 rings (SSSR count). The van der Waals surface area contributed by atoms with E-state index < -0.39 is 0 Å². The van der Waals surface area contributed by atoms with Crippen molar-refractivity contribution in [3.05, 3.63) is 0 Å². The zero-order valence-electron chi connectivity index (χ0n) is 7.79. The monoisotopic (exact) mass is 158 g/mol. The van der Waals surface area contributed by atoms with Crippen molar-refractivity contribution >= 4 is 5.78 Å². The smallest absolute Gasteiger partial charge is 0.141 e. The van der Waals surface area contributed by atoms with Crippen LogP contribution < -0.4 is 0 Å². The summed E-state index contributed by atoms with van der Waals surface area (Å²) in [5, 5.41) is 8.89. The number of aliphatic hydroxyl groups is 1. The number of carbonyl (C=O) groups excluding carboxylic acids is 1. The Balaban J connectivity index is 4.15. The standard InChI is InChI=1S/C9H18O2/c1-6(2)8(5-10)9(11)7(3)4/h6-8,10H,5H2,1-4H3/t8-/m1/s1. The van der Waals surface area contributed by atoms with Gasteiger partial charge in [0.15, 0.2) is 0 Å². The van der Waals surface area contributed by atoms with E-state index in [-0.39, 0.29) is 30.1 Å². The maximum Gasteiger partial charge on any atom is 0.141 e. The zero-order chi connectivity index (χ0) is 9.02. The molecule has 0 aromatic rings. The molecule has 0 aromatic carbocycles. The lowest BCUT2D eigenvalue weighted by Gasteiger charge is -2.18. The lowest BCUT2D eigenvalue weighted by molar-refractivity contribution is -0.128. The summed E-state index contributed by atoms with van der Waals surface area (Å²) in [6.45, 7) is 7.64. The topological polar surface area (TPSA) is 37.3 Å². The van der Waals surface area contributed by atoms with Gasteiger partial charge < -0.3 is 5.11 Å². The first kappa shape index (κ1) is 10.6. The molecule has 0 saturated carbocycles. The van der Waals surface area contributed by atoms with E-state index in [0.29, 0.717) is 0 Å². The number of Topliss-reactive ketones (excluding diaryl/α,β-unsaturated/α-hetero) is 1. The van der Waals surface area contributed by atoms with Crippen molar-refractivity contribution in [2.45, 2.75) is 27.7 Å². The van der Waals surface area contributed by atoms with Crippen molar-refractivity contribution in [3.8, 4) is 0 Å². The van der Waals surface area contributed by atoms with E-state index >= 15 is 0 Å². The normalized spacial score (nSPS) is 14.1. The summed E-state index contributed by atoms with van der Waals surface area (Å²) < 4.78 is 0. The van der Waals surface area contributed by atoms with Gasteiger partial charge in [-0.25, -0.2) is 0 Å². The van der Waals surface area contributed by atoms with Crippen LogP contribution in [0.1, 0.15) is 27.7 Å². The lowest BCUT2D eigenvalue weighted by atomic mass is 9.87. The molecule has 0 heterocycles. The SMILES string of the molecule is CC(C)C(=O)[C@H](CO)C(C)C. The summed E-state index contributed by atoms with van der Waals surface area (Å²) >= 11 is 0. The fraction of sp³-hybridized carbons (Fsp3) is 0.889. The van der Waals surface area contributed by atoms with E-state index in [1.54, 1.807) is 0 Å². The third-order valence-corrected chi connectivity index (χ3v) is 1.94. The summed E-state index contributed by atoms with van der Waals surface area (Å²) in [6, 6.07) is 0. The van der Waals surface area contributed by atoms with E-state index in [1.807, 2.05) is 27.7 Å².